The quantitative estimate of drug-likeness (QED) is 0.253. The number of Topliss-reactive ketones (excluding diaryl/α,β-unsaturated/α-hetero) is 1. The summed E-state index contributed by atoms with van der Waals surface area (Å²) in [6.07, 6.45) is 0. The summed E-state index contributed by atoms with van der Waals surface area (Å²) in [5, 5.41) is 0.533. The van der Waals surface area contributed by atoms with Crippen LogP contribution >= 0.6 is 11.8 Å². The second kappa shape index (κ2) is 8.63. The molecule has 4 aromatic rings. The summed E-state index contributed by atoms with van der Waals surface area (Å²) < 4.78 is 14.8. The van der Waals surface area contributed by atoms with E-state index in [9.17, 15) is 14.0 Å². The lowest BCUT2D eigenvalue weighted by Gasteiger charge is -2.16. The number of para-hydroxylation sites is 1. The number of ketones is 1. The van der Waals surface area contributed by atoms with E-state index in [-0.39, 0.29) is 23.7 Å². The van der Waals surface area contributed by atoms with Crippen molar-refractivity contribution in [1.29, 1.82) is 0 Å². The molecule has 1 aromatic heterocycles. The van der Waals surface area contributed by atoms with Crippen LogP contribution in [0.1, 0.15) is 22.8 Å². The van der Waals surface area contributed by atoms with E-state index in [4.69, 9.17) is 0 Å². The topological polar surface area (TPSA) is 52.0 Å². The van der Waals surface area contributed by atoms with Gasteiger partial charge in [0.1, 0.15) is 5.82 Å². The number of hydrogen-bond donors (Lipinski definition) is 0. The van der Waals surface area contributed by atoms with Gasteiger partial charge in [-0.1, -0.05) is 66.4 Å². The standard InChI is InChI=1S/C24H19FN2O2S/c1-16(22(28)18-7-3-2-4-8-18)30-24-26-21-10-6-5-9-20(21)23(29)27(24)15-17-11-13-19(25)14-12-17/h2-14,16H,15H2,1H3. The molecule has 0 N–H and O–H groups in total. The van der Waals surface area contributed by atoms with E-state index < -0.39 is 5.25 Å². The fourth-order valence-corrected chi connectivity index (χ4v) is 4.18. The number of aromatic nitrogens is 2. The van der Waals surface area contributed by atoms with Crippen LogP contribution in [0.2, 0.25) is 0 Å². The first-order valence-corrected chi connectivity index (χ1v) is 10.4. The average Bonchev–Trinajstić information content (AvgIpc) is 2.77. The molecule has 4 rings (SSSR count). The normalized spacial score (nSPS) is 12.1. The largest absolute Gasteiger partial charge is 0.293 e. The van der Waals surface area contributed by atoms with Crippen molar-refractivity contribution in [3.8, 4) is 0 Å². The zero-order valence-electron chi connectivity index (χ0n) is 16.3. The van der Waals surface area contributed by atoms with Gasteiger partial charge < -0.3 is 0 Å². The molecule has 0 bridgehead atoms. The van der Waals surface area contributed by atoms with Crippen molar-refractivity contribution in [3.63, 3.8) is 0 Å². The molecule has 3 aromatic carbocycles. The van der Waals surface area contributed by atoms with Gasteiger partial charge in [-0.3, -0.25) is 14.2 Å². The van der Waals surface area contributed by atoms with E-state index in [0.717, 1.165) is 5.56 Å². The molecule has 150 valence electrons. The predicted molar refractivity (Wildman–Crippen MR) is 118 cm³/mol. The molecule has 1 unspecified atom stereocenters. The minimum absolute atomic E-state index is 0.0312. The third kappa shape index (κ3) is 4.19. The van der Waals surface area contributed by atoms with Crippen LogP contribution in [-0.4, -0.2) is 20.6 Å². The summed E-state index contributed by atoms with van der Waals surface area (Å²) in [5.74, 6) is -0.365. The Morgan fingerprint density at radius 3 is 2.40 bits per heavy atom. The van der Waals surface area contributed by atoms with Crippen molar-refractivity contribution in [3.05, 3.63) is 106 Å². The molecule has 4 nitrogen and oxygen atoms in total. The molecule has 0 aliphatic rings. The fourth-order valence-electron chi connectivity index (χ4n) is 3.20. The van der Waals surface area contributed by atoms with Gasteiger partial charge in [-0.15, -0.1) is 0 Å². The molecule has 1 atom stereocenters. The van der Waals surface area contributed by atoms with Crippen molar-refractivity contribution < 1.29 is 9.18 Å². The van der Waals surface area contributed by atoms with Crippen LogP contribution in [0.25, 0.3) is 10.9 Å². The first kappa shape index (κ1) is 20.0. The smallest absolute Gasteiger partial charge is 0.262 e. The second-order valence-electron chi connectivity index (χ2n) is 6.92. The number of benzene rings is 3. The Kier molecular flexibility index (Phi) is 5.77. The highest BCUT2D eigenvalue weighted by Crippen LogP contribution is 2.25. The maximum atomic E-state index is 13.3. The number of nitrogens with zero attached hydrogens (tertiary/aromatic N) is 2. The Labute approximate surface area is 177 Å². The monoisotopic (exact) mass is 418 g/mol. The molecule has 1 heterocycles. The lowest BCUT2D eigenvalue weighted by Crippen LogP contribution is -2.25. The van der Waals surface area contributed by atoms with Gasteiger partial charge in [0, 0.05) is 5.56 Å². The minimum atomic E-state index is -0.431. The van der Waals surface area contributed by atoms with Gasteiger partial charge in [-0.05, 0) is 36.8 Å². The van der Waals surface area contributed by atoms with E-state index in [0.29, 0.717) is 21.6 Å². The first-order valence-electron chi connectivity index (χ1n) is 9.53. The summed E-state index contributed by atoms with van der Waals surface area (Å²) in [5.41, 5.74) is 1.79. The van der Waals surface area contributed by atoms with Gasteiger partial charge in [-0.2, -0.15) is 0 Å². The van der Waals surface area contributed by atoms with Crippen molar-refractivity contribution >= 4 is 28.4 Å². The second-order valence-corrected chi connectivity index (χ2v) is 8.23. The summed E-state index contributed by atoms with van der Waals surface area (Å²) in [7, 11) is 0. The van der Waals surface area contributed by atoms with Gasteiger partial charge in [-0.25, -0.2) is 9.37 Å². The summed E-state index contributed by atoms with van der Waals surface area (Å²) in [6.45, 7) is 2.05. The lowest BCUT2D eigenvalue weighted by molar-refractivity contribution is 0.0994. The van der Waals surface area contributed by atoms with E-state index in [1.807, 2.05) is 31.2 Å². The molecular formula is C24H19FN2O2S. The Morgan fingerprint density at radius 1 is 1.00 bits per heavy atom. The Hall–Kier alpha value is -3.25. The molecule has 0 radical (unpaired) electrons. The summed E-state index contributed by atoms with van der Waals surface area (Å²) in [4.78, 5) is 30.7. The Morgan fingerprint density at radius 2 is 1.67 bits per heavy atom. The highest BCUT2D eigenvalue weighted by Gasteiger charge is 2.20. The van der Waals surface area contributed by atoms with Crippen LogP contribution in [0.5, 0.6) is 0 Å². The van der Waals surface area contributed by atoms with Crippen LogP contribution in [0.15, 0.2) is 88.8 Å². The molecule has 0 fully saturated rings. The number of halogens is 1. The number of rotatable bonds is 6. The van der Waals surface area contributed by atoms with Crippen molar-refractivity contribution in [2.24, 2.45) is 0 Å². The van der Waals surface area contributed by atoms with Crippen molar-refractivity contribution in [1.82, 2.24) is 9.55 Å². The van der Waals surface area contributed by atoms with Crippen molar-refractivity contribution in [2.45, 2.75) is 23.9 Å². The zero-order chi connectivity index (χ0) is 21.1. The SMILES string of the molecule is CC(Sc1nc2ccccc2c(=O)n1Cc1ccc(F)cc1)C(=O)c1ccccc1. The molecule has 0 aliphatic heterocycles. The molecule has 30 heavy (non-hydrogen) atoms. The average molecular weight is 418 g/mol. The molecule has 0 spiro atoms. The third-order valence-electron chi connectivity index (χ3n) is 4.79. The minimum Gasteiger partial charge on any atom is -0.293 e. The fraction of sp³-hybridized carbons (Fsp3) is 0.125. The Balaban J connectivity index is 1.74. The van der Waals surface area contributed by atoms with E-state index in [1.165, 1.54) is 23.9 Å². The molecular weight excluding hydrogens is 399 g/mol. The Bertz CT molecular complexity index is 1250. The lowest BCUT2D eigenvalue weighted by atomic mass is 10.1. The maximum Gasteiger partial charge on any atom is 0.262 e. The van der Waals surface area contributed by atoms with E-state index in [2.05, 4.69) is 4.98 Å². The van der Waals surface area contributed by atoms with Crippen molar-refractivity contribution in [2.75, 3.05) is 0 Å². The van der Waals surface area contributed by atoms with Gasteiger partial charge >= 0.3 is 0 Å². The first-order chi connectivity index (χ1) is 14.5. The number of carbonyl (C=O) groups excluding carboxylic acids is 1. The highest BCUT2D eigenvalue weighted by molar-refractivity contribution is 8.00. The molecule has 0 saturated carbocycles. The maximum absolute atomic E-state index is 13.3. The van der Waals surface area contributed by atoms with Gasteiger partial charge in [0.05, 0.1) is 22.7 Å². The number of thioether (sulfide) groups is 1. The van der Waals surface area contributed by atoms with Crippen LogP contribution in [0.3, 0.4) is 0 Å². The molecule has 0 amide bonds. The van der Waals surface area contributed by atoms with E-state index in [1.54, 1.807) is 47.0 Å². The van der Waals surface area contributed by atoms with Crippen LogP contribution < -0.4 is 5.56 Å². The van der Waals surface area contributed by atoms with E-state index >= 15 is 0 Å². The van der Waals surface area contributed by atoms with Crippen LogP contribution in [-0.2, 0) is 6.54 Å². The van der Waals surface area contributed by atoms with Crippen LogP contribution in [0, 0.1) is 5.82 Å². The van der Waals surface area contributed by atoms with Gasteiger partial charge in [0.25, 0.3) is 5.56 Å². The molecule has 0 saturated heterocycles. The van der Waals surface area contributed by atoms with Crippen LogP contribution in [0.4, 0.5) is 4.39 Å². The highest BCUT2D eigenvalue weighted by atomic mass is 32.2. The number of fused-ring (bicyclic) bond motifs is 1. The summed E-state index contributed by atoms with van der Waals surface area (Å²) >= 11 is 1.25. The van der Waals surface area contributed by atoms with Gasteiger partial charge in [0.15, 0.2) is 10.9 Å². The van der Waals surface area contributed by atoms with Gasteiger partial charge in [0.2, 0.25) is 0 Å². The summed E-state index contributed by atoms with van der Waals surface area (Å²) in [6, 6.07) is 22.2. The molecule has 0 aliphatic carbocycles. The third-order valence-corrected chi connectivity index (χ3v) is 5.88. The predicted octanol–water partition coefficient (Wildman–Crippen LogP) is 4.95. The number of hydrogen-bond acceptors (Lipinski definition) is 4. The zero-order valence-corrected chi connectivity index (χ0v) is 17.1. The molecule has 6 heteroatoms. The number of carbonyl (C=O) groups is 1.